The van der Waals surface area contributed by atoms with E-state index in [4.69, 9.17) is 4.74 Å². The molecule has 2 aromatic carbocycles. The highest BCUT2D eigenvalue weighted by atomic mass is 16.5. The number of anilines is 2. The van der Waals surface area contributed by atoms with Gasteiger partial charge in [0.2, 0.25) is 0 Å². The van der Waals surface area contributed by atoms with Crippen molar-refractivity contribution in [2.45, 2.75) is 13.8 Å². The van der Waals surface area contributed by atoms with Crippen molar-refractivity contribution in [3.8, 4) is 5.75 Å². The lowest BCUT2D eigenvalue weighted by molar-refractivity contribution is 0.207. The number of urea groups is 1. The number of hydrogen-bond donors (Lipinski definition) is 1. The topological polar surface area (TPSA) is 48.1 Å². The van der Waals surface area contributed by atoms with Crippen molar-refractivity contribution in [1.29, 1.82) is 0 Å². The molecule has 1 saturated heterocycles. The van der Waals surface area contributed by atoms with Crippen LogP contribution in [0, 0.1) is 0 Å². The third-order valence-electron chi connectivity index (χ3n) is 5.38. The minimum absolute atomic E-state index is 0.0718. The molecule has 2 aromatic rings. The Labute approximate surface area is 174 Å². The van der Waals surface area contributed by atoms with Gasteiger partial charge in [-0.25, -0.2) is 4.79 Å². The summed E-state index contributed by atoms with van der Waals surface area (Å²) in [5.74, 6) is 0.718. The monoisotopic (exact) mass is 396 g/mol. The first kappa shape index (κ1) is 21.0. The summed E-state index contributed by atoms with van der Waals surface area (Å²) in [6.45, 7) is 10.8. The van der Waals surface area contributed by atoms with Gasteiger partial charge < -0.3 is 24.8 Å². The summed E-state index contributed by atoms with van der Waals surface area (Å²) >= 11 is 0. The number of hydrogen-bond acceptors (Lipinski definition) is 4. The van der Waals surface area contributed by atoms with Crippen molar-refractivity contribution in [2.24, 2.45) is 0 Å². The van der Waals surface area contributed by atoms with Gasteiger partial charge in [0.05, 0.1) is 5.69 Å². The molecule has 156 valence electrons. The summed E-state index contributed by atoms with van der Waals surface area (Å²) in [7, 11) is 0. The maximum Gasteiger partial charge on any atom is 0.322 e. The predicted octanol–water partition coefficient (Wildman–Crippen LogP) is 3.76. The highest BCUT2D eigenvalue weighted by Gasteiger charge is 2.22. The van der Waals surface area contributed by atoms with E-state index in [1.54, 1.807) is 0 Å². The lowest BCUT2D eigenvalue weighted by atomic mass is 10.2. The third-order valence-corrected chi connectivity index (χ3v) is 5.38. The average Bonchev–Trinajstić information content (AvgIpc) is 2.78. The summed E-state index contributed by atoms with van der Waals surface area (Å²) in [6, 6.07) is 17.9. The largest absolute Gasteiger partial charge is 0.490 e. The van der Waals surface area contributed by atoms with E-state index in [2.05, 4.69) is 41.1 Å². The van der Waals surface area contributed by atoms with Gasteiger partial charge in [-0.1, -0.05) is 44.2 Å². The zero-order chi connectivity index (χ0) is 20.5. The first-order chi connectivity index (χ1) is 14.2. The van der Waals surface area contributed by atoms with Crippen LogP contribution in [0.1, 0.15) is 13.8 Å². The van der Waals surface area contributed by atoms with Gasteiger partial charge in [0.15, 0.2) is 0 Å². The molecule has 0 saturated carbocycles. The molecule has 0 bridgehead atoms. The molecule has 1 aliphatic heterocycles. The minimum atomic E-state index is -0.0718. The van der Waals surface area contributed by atoms with Gasteiger partial charge in [-0.15, -0.1) is 0 Å². The number of nitrogens with one attached hydrogen (secondary N) is 1. The van der Waals surface area contributed by atoms with E-state index in [9.17, 15) is 4.79 Å². The lowest BCUT2D eigenvalue weighted by Gasteiger charge is -2.36. The first-order valence-electron chi connectivity index (χ1n) is 10.5. The molecule has 2 amide bonds. The van der Waals surface area contributed by atoms with Gasteiger partial charge in [-0.2, -0.15) is 0 Å². The Bertz CT molecular complexity index is 756. The van der Waals surface area contributed by atoms with Crippen LogP contribution in [0.3, 0.4) is 0 Å². The van der Waals surface area contributed by atoms with Crippen LogP contribution in [-0.4, -0.2) is 68.3 Å². The van der Waals surface area contributed by atoms with Crippen molar-refractivity contribution in [1.82, 2.24) is 9.80 Å². The highest BCUT2D eigenvalue weighted by Crippen LogP contribution is 2.24. The standard InChI is InChI=1S/C23H32N4O2/c1-3-25(4-2)18-19-29-22-13-9-8-12-21(22)24-23(28)27-16-14-26(15-17-27)20-10-6-5-7-11-20/h5-13H,3-4,14-19H2,1-2H3,(H,24,28). The number of rotatable bonds is 8. The van der Waals surface area contributed by atoms with Crippen LogP contribution in [-0.2, 0) is 0 Å². The molecule has 0 aromatic heterocycles. The molecular formula is C23H32N4O2. The summed E-state index contributed by atoms with van der Waals surface area (Å²) in [5.41, 5.74) is 1.93. The first-order valence-corrected chi connectivity index (χ1v) is 10.5. The van der Waals surface area contributed by atoms with E-state index in [1.165, 1.54) is 5.69 Å². The molecule has 1 aliphatic rings. The number of amides is 2. The summed E-state index contributed by atoms with van der Waals surface area (Å²) in [5, 5.41) is 3.03. The van der Waals surface area contributed by atoms with Crippen molar-refractivity contribution in [2.75, 3.05) is 62.6 Å². The van der Waals surface area contributed by atoms with E-state index in [1.807, 2.05) is 47.4 Å². The van der Waals surface area contributed by atoms with E-state index in [0.717, 1.165) is 44.2 Å². The molecule has 1 heterocycles. The number of para-hydroxylation sites is 3. The van der Waals surface area contributed by atoms with Crippen LogP contribution < -0.4 is 15.0 Å². The summed E-state index contributed by atoms with van der Waals surface area (Å²) in [6.07, 6.45) is 0. The molecule has 0 spiro atoms. The predicted molar refractivity (Wildman–Crippen MR) is 119 cm³/mol. The van der Waals surface area contributed by atoms with E-state index in [-0.39, 0.29) is 6.03 Å². The summed E-state index contributed by atoms with van der Waals surface area (Å²) < 4.78 is 5.95. The molecule has 3 rings (SSSR count). The second-order valence-corrected chi connectivity index (χ2v) is 7.11. The molecule has 0 unspecified atom stereocenters. The van der Waals surface area contributed by atoms with Gasteiger partial charge in [-0.05, 0) is 37.4 Å². The number of piperazine rings is 1. The van der Waals surface area contributed by atoms with Gasteiger partial charge >= 0.3 is 6.03 Å². The van der Waals surface area contributed by atoms with Gasteiger partial charge in [-0.3, -0.25) is 0 Å². The fraction of sp³-hybridized carbons (Fsp3) is 0.435. The number of carbonyl (C=O) groups excluding carboxylic acids is 1. The number of nitrogens with zero attached hydrogens (tertiary/aromatic N) is 3. The van der Waals surface area contributed by atoms with Crippen molar-refractivity contribution >= 4 is 17.4 Å². The third kappa shape index (κ3) is 5.87. The van der Waals surface area contributed by atoms with Crippen molar-refractivity contribution < 1.29 is 9.53 Å². The molecule has 0 atom stereocenters. The Morgan fingerprint density at radius 3 is 2.31 bits per heavy atom. The summed E-state index contributed by atoms with van der Waals surface area (Å²) in [4.78, 5) is 19.3. The van der Waals surface area contributed by atoms with Crippen LogP contribution in [0.2, 0.25) is 0 Å². The molecular weight excluding hydrogens is 364 g/mol. The Morgan fingerprint density at radius 1 is 0.966 bits per heavy atom. The van der Waals surface area contributed by atoms with Crippen LogP contribution in [0.5, 0.6) is 5.75 Å². The zero-order valence-corrected chi connectivity index (χ0v) is 17.5. The average molecular weight is 397 g/mol. The van der Waals surface area contributed by atoms with Gasteiger partial charge in [0, 0.05) is 38.4 Å². The fourth-order valence-corrected chi connectivity index (χ4v) is 3.52. The molecule has 1 fully saturated rings. The maximum atomic E-state index is 12.8. The maximum absolute atomic E-state index is 12.8. The Balaban J connectivity index is 1.52. The Hall–Kier alpha value is -2.73. The minimum Gasteiger partial charge on any atom is -0.490 e. The Kier molecular flexibility index (Phi) is 7.76. The van der Waals surface area contributed by atoms with Crippen LogP contribution in [0.25, 0.3) is 0 Å². The molecule has 1 N–H and O–H groups in total. The second kappa shape index (κ2) is 10.7. The normalized spacial score (nSPS) is 14.2. The quantitative estimate of drug-likeness (QED) is 0.738. The molecule has 0 aliphatic carbocycles. The van der Waals surface area contributed by atoms with E-state index >= 15 is 0 Å². The van der Waals surface area contributed by atoms with E-state index in [0.29, 0.717) is 19.7 Å². The van der Waals surface area contributed by atoms with E-state index < -0.39 is 0 Å². The number of benzene rings is 2. The van der Waals surface area contributed by atoms with Crippen LogP contribution in [0.4, 0.5) is 16.2 Å². The van der Waals surface area contributed by atoms with Crippen molar-refractivity contribution in [3.05, 3.63) is 54.6 Å². The SMILES string of the molecule is CCN(CC)CCOc1ccccc1NC(=O)N1CCN(c2ccccc2)CC1. The smallest absolute Gasteiger partial charge is 0.322 e. The Morgan fingerprint density at radius 2 is 1.62 bits per heavy atom. The lowest BCUT2D eigenvalue weighted by Crippen LogP contribution is -2.50. The molecule has 29 heavy (non-hydrogen) atoms. The van der Waals surface area contributed by atoms with Crippen molar-refractivity contribution in [3.63, 3.8) is 0 Å². The fourth-order valence-electron chi connectivity index (χ4n) is 3.52. The second-order valence-electron chi connectivity index (χ2n) is 7.11. The van der Waals surface area contributed by atoms with Gasteiger partial charge in [0.25, 0.3) is 0 Å². The molecule has 6 nitrogen and oxygen atoms in total. The zero-order valence-electron chi connectivity index (χ0n) is 17.5. The number of ether oxygens (including phenoxy) is 1. The van der Waals surface area contributed by atoms with Crippen LogP contribution in [0.15, 0.2) is 54.6 Å². The highest BCUT2D eigenvalue weighted by molar-refractivity contribution is 5.91. The van der Waals surface area contributed by atoms with Gasteiger partial charge in [0.1, 0.15) is 12.4 Å². The number of carbonyl (C=O) groups is 1. The molecule has 0 radical (unpaired) electrons. The number of likely N-dealkylation sites (N-methyl/N-ethyl adjacent to an activating group) is 1. The molecule has 6 heteroatoms. The van der Waals surface area contributed by atoms with Crippen LogP contribution >= 0.6 is 0 Å².